The Hall–Kier alpha value is -0.400. The first-order valence-corrected chi connectivity index (χ1v) is 5.40. The Kier molecular flexibility index (Phi) is 7.02. The van der Waals surface area contributed by atoms with Gasteiger partial charge in [0.05, 0.1) is 6.07 Å². The van der Waals surface area contributed by atoms with Crippen molar-refractivity contribution in [2.75, 3.05) is 19.5 Å². The number of hydrogen-bond acceptors (Lipinski definition) is 3. The zero-order valence-electron chi connectivity index (χ0n) is 7.58. The van der Waals surface area contributed by atoms with E-state index in [9.17, 15) is 4.21 Å². The Morgan fingerprint density at radius 1 is 1.67 bits per heavy atom. The van der Waals surface area contributed by atoms with Gasteiger partial charge in [0.1, 0.15) is 5.25 Å². The van der Waals surface area contributed by atoms with E-state index in [1.807, 2.05) is 13.0 Å². The van der Waals surface area contributed by atoms with Crippen molar-refractivity contribution in [3.05, 3.63) is 0 Å². The van der Waals surface area contributed by atoms with E-state index in [1.165, 1.54) is 0 Å². The van der Waals surface area contributed by atoms with E-state index < -0.39 is 10.8 Å². The second-order valence-corrected chi connectivity index (χ2v) is 4.20. The van der Waals surface area contributed by atoms with Crippen LogP contribution in [0.2, 0.25) is 0 Å². The molecule has 0 fully saturated rings. The van der Waals surface area contributed by atoms with E-state index in [2.05, 4.69) is 0 Å². The van der Waals surface area contributed by atoms with Gasteiger partial charge in [0.25, 0.3) is 0 Å². The normalized spacial score (nSPS) is 15.1. The summed E-state index contributed by atoms with van der Waals surface area (Å²) in [5, 5.41) is 8.27. The highest BCUT2D eigenvalue weighted by molar-refractivity contribution is 7.85. The van der Waals surface area contributed by atoms with E-state index in [0.29, 0.717) is 18.8 Å². The minimum atomic E-state index is -1.00. The average Bonchev–Trinajstić information content (AvgIpc) is 2.07. The molecule has 0 spiro atoms. The van der Waals surface area contributed by atoms with Gasteiger partial charge in [0.2, 0.25) is 0 Å². The lowest BCUT2D eigenvalue weighted by Gasteiger charge is -2.04. The minimum absolute atomic E-state index is 0.304. The molecule has 0 amide bonds. The van der Waals surface area contributed by atoms with E-state index in [0.717, 1.165) is 6.42 Å². The average molecular weight is 189 g/mol. The van der Waals surface area contributed by atoms with E-state index in [1.54, 1.807) is 7.11 Å². The monoisotopic (exact) mass is 189 g/mol. The number of methoxy groups -OCH3 is 1. The van der Waals surface area contributed by atoms with Gasteiger partial charge < -0.3 is 4.74 Å². The lowest BCUT2D eigenvalue weighted by atomic mass is 10.4. The topological polar surface area (TPSA) is 50.1 Å². The molecule has 4 heteroatoms. The molecule has 3 nitrogen and oxygen atoms in total. The number of hydrogen-bond donors (Lipinski definition) is 0. The van der Waals surface area contributed by atoms with Crippen molar-refractivity contribution in [2.24, 2.45) is 0 Å². The van der Waals surface area contributed by atoms with Crippen LogP contribution in [0.4, 0.5) is 0 Å². The molecular weight excluding hydrogens is 174 g/mol. The van der Waals surface area contributed by atoms with Crippen molar-refractivity contribution in [3.8, 4) is 6.07 Å². The van der Waals surface area contributed by atoms with Gasteiger partial charge in [0.15, 0.2) is 0 Å². The van der Waals surface area contributed by atoms with Crippen LogP contribution in [0.1, 0.15) is 19.8 Å². The molecule has 0 bridgehead atoms. The second kappa shape index (κ2) is 7.26. The van der Waals surface area contributed by atoms with Gasteiger partial charge >= 0.3 is 0 Å². The zero-order valence-corrected chi connectivity index (χ0v) is 8.39. The maximum atomic E-state index is 11.3. The third-order valence-corrected chi connectivity index (χ3v) is 3.29. The zero-order chi connectivity index (χ0) is 9.40. The lowest BCUT2D eigenvalue weighted by molar-refractivity contribution is 0.200. The predicted octanol–water partition coefficient (Wildman–Crippen LogP) is 1.07. The fourth-order valence-corrected chi connectivity index (χ4v) is 2.00. The van der Waals surface area contributed by atoms with Crippen LogP contribution < -0.4 is 0 Å². The van der Waals surface area contributed by atoms with E-state index in [4.69, 9.17) is 10.00 Å². The summed E-state index contributed by atoms with van der Waals surface area (Å²) in [6, 6.07) is 2.04. The fourth-order valence-electron chi connectivity index (χ4n) is 0.824. The van der Waals surface area contributed by atoms with Crippen LogP contribution in [0, 0.1) is 11.3 Å². The first-order valence-electron chi connectivity index (χ1n) is 4.02. The summed E-state index contributed by atoms with van der Waals surface area (Å²) < 4.78 is 16.1. The quantitative estimate of drug-likeness (QED) is 0.587. The molecule has 0 saturated carbocycles. The summed E-state index contributed by atoms with van der Waals surface area (Å²) in [4.78, 5) is 0. The molecular formula is C8H15NO2S. The maximum Gasteiger partial charge on any atom is 0.121 e. The van der Waals surface area contributed by atoms with Gasteiger partial charge in [-0.1, -0.05) is 6.92 Å². The van der Waals surface area contributed by atoms with E-state index in [-0.39, 0.29) is 5.25 Å². The Bertz CT molecular complexity index is 176. The first-order chi connectivity index (χ1) is 5.76. The van der Waals surface area contributed by atoms with Crippen molar-refractivity contribution in [1.82, 2.24) is 0 Å². The van der Waals surface area contributed by atoms with Crippen LogP contribution in [-0.4, -0.2) is 28.9 Å². The molecule has 0 saturated heterocycles. The van der Waals surface area contributed by atoms with Gasteiger partial charge in [0, 0.05) is 30.3 Å². The number of ether oxygens (including phenoxy) is 1. The summed E-state index contributed by atoms with van der Waals surface area (Å²) in [6.45, 7) is 2.50. The van der Waals surface area contributed by atoms with Crippen molar-refractivity contribution in [1.29, 1.82) is 5.26 Å². The molecule has 0 aromatic carbocycles. The second-order valence-electron chi connectivity index (χ2n) is 2.46. The van der Waals surface area contributed by atoms with Crippen LogP contribution in [0.5, 0.6) is 0 Å². The molecule has 0 aliphatic carbocycles. The maximum absolute atomic E-state index is 11.3. The minimum Gasteiger partial charge on any atom is -0.385 e. The van der Waals surface area contributed by atoms with Gasteiger partial charge in [-0.25, -0.2) is 0 Å². The van der Waals surface area contributed by atoms with Crippen molar-refractivity contribution in [3.63, 3.8) is 0 Å². The van der Waals surface area contributed by atoms with Crippen LogP contribution in [0.25, 0.3) is 0 Å². The van der Waals surface area contributed by atoms with Crippen LogP contribution in [0.3, 0.4) is 0 Å². The Morgan fingerprint density at radius 2 is 2.33 bits per heavy atom. The highest BCUT2D eigenvalue weighted by atomic mass is 32.2. The Balaban J connectivity index is 3.64. The smallest absolute Gasteiger partial charge is 0.121 e. The third-order valence-electron chi connectivity index (χ3n) is 1.53. The third kappa shape index (κ3) is 4.47. The summed E-state index contributed by atoms with van der Waals surface area (Å²) in [5.41, 5.74) is 0. The van der Waals surface area contributed by atoms with Crippen LogP contribution in [-0.2, 0) is 15.5 Å². The SMILES string of the molecule is CCC(C#N)S(=O)CCCOC. The molecule has 0 rings (SSSR count). The van der Waals surface area contributed by atoms with Gasteiger partial charge in [-0.2, -0.15) is 5.26 Å². The van der Waals surface area contributed by atoms with Crippen molar-refractivity contribution >= 4 is 10.8 Å². The molecule has 0 aromatic heterocycles. The van der Waals surface area contributed by atoms with Gasteiger partial charge in [-0.15, -0.1) is 0 Å². The van der Waals surface area contributed by atoms with Gasteiger partial charge in [-0.3, -0.25) is 4.21 Å². The fraction of sp³-hybridized carbons (Fsp3) is 0.875. The molecule has 0 N–H and O–H groups in total. The molecule has 0 radical (unpaired) electrons. The standard InChI is InChI=1S/C8H15NO2S/c1-3-8(7-9)12(10)6-4-5-11-2/h8H,3-6H2,1-2H3. The van der Waals surface area contributed by atoms with Crippen molar-refractivity contribution < 1.29 is 8.95 Å². The predicted molar refractivity (Wildman–Crippen MR) is 49.2 cm³/mol. The van der Waals surface area contributed by atoms with E-state index >= 15 is 0 Å². The number of nitrogens with zero attached hydrogens (tertiary/aromatic N) is 1. The molecule has 70 valence electrons. The summed E-state index contributed by atoms with van der Waals surface area (Å²) in [6.07, 6.45) is 1.43. The van der Waals surface area contributed by atoms with Crippen molar-refractivity contribution in [2.45, 2.75) is 25.0 Å². The Labute approximate surface area is 76.2 Å². The molecule has 0 aliphatic rings. The summed E-state index contributed by atoms with van der Waals surface area (Å²) in [5.74, 6) is 0.569. The van der Waals surface area contributed by atoms with Crippen LogP contribution >= 0.6 is 0 Å². The molecule has 2 atom stereocenters. The molecule has 12 heavy (non-hydrogen) atoms. The largest absolute Gasteiger partial charge is 0.385 e. The number of nitriles is 1. The first kappa shape index (κ1) is 11.6. The molecule has 0 aliphatic heterocycles. The molecule has 2 unspecified atom stereocenters. The lowest BCUT2D eigenvalue weighted by Crippen LogP contribution is -2.15. The Morgan fingerprint density at radius 3 is 2.75 bits per heavy atom. The number of rotatable bonds is 6. The van der Waals surface area contributed by atoms with Crippen LogP contribution in [0.15, 0.2) is 0 Å². The highest BCUT2D eigenvalue weighted by Crippen LogP contribution is 2.02. The van der Waals surface area contributed by atoms with Gasteiger partial charge in [-0.05, 0) is 12.8 Å². The summed E-state index contributed by atoms with van der Waals surface area (Å²) in [7, 11) is 0.615. The molecule has 0 aromatic rings. The summed E-state index contributed by atoms with van der Waals surface area (Å²) >= 11 is 0. The highest BCUT2D eigenvalue weighted by Gasteiger charge is 2.12. The molecule has 0 heterocycles.